The fraction of sp³-hybridized carbons (Fsp3) is 0.727. The molecule has 0 amide bonds. The number of aliphatic hydroxyl groups is 1. The summed E-state index contributed by atoms with van der Waals surface area (Å²) in [6.45, 7) is 5.35. The van der Waals surface area contributed by atoms with Crippen LogP contribution in [0.4, 0.5) is 0 Å². The summed E-state index contributed by atoms with van der Waals surface area (Å²) in [6.07, 6.45) is 5.05. The van der Waals surface area contributed by atoms with Crippen LogP contribution in [0.25, 0.3) is 0 Å². The summed E-state index contributed by atoms with van der Waals surface area (Å²) in [4.78, 5) is 7.58. The minimum absolute atomic E-state index is 0.256. The van der Waals surface area contributed by atoms with Gasteiger partial charge in [0.2, 0.25) is 0 Å². The second-order valence-corrected chi connectivity index (χ2v) is 5.48. The van der Waals surface area contributed by atoms with Crippen molar-refractivity contribution in [1.29, 1.82) is 0 Å². The zero-order valence-electron chi connectivity index (χ0n) is 9.65. The van der Waals surface area contributed by atoms with Gasteiger partial charge in [-0.25, -0.2) is 4.98 Å². The van der Waals surface area contributed by atoms with Crippen molar-refractivity contribution in [2.24, 2.45) is 0 Å². The van der Waals surface area contributed by atoms with Crippen LogP contribution in [0, 0.1) is 0 Å². The third-order valence-corrected chi connectivity index (χ3v) is 3.46. The van der Waals surface area contributed by atoms with Crippen molar-refractivity contribution in [3.63, 3.8) is 0 Å². The smallest absolute Gasteiger partial charge is 0.183 e. The fourth-order valence-electron chi connectivity index (χ4n) is 1.52. The summed E-state index contributed by atoms with van der Waals surface area (Å²) in [5, 5.41) is 8.85. The molecule has 0 saturated carbocycles. The van der Waals surface area contributed by atoms with Gasteiger partial charge in [0.15, 0.2) is 4.47 Å². The standard InChI is InChI=1S/C11H19ClN2OS/c1-2-3-5-14(6-4-7-15)9-10-8-13-11(12)16-10/h8,15H,2-7,9H2,1H3. The van der Waals surface area contributed by atoms with Crippen LogP contribution in [-0.4, -0.2) is 34.7 Å². The average molecular weight is 263 g/mol. The molecule has 1 aromatic heterocycles. The number of nitrogens with zero attached hydrogens (tertiary/aromatic N) is 2. The minimum atomic E-state index is 0.256. The first-order valence-electron chi connectivity index (χ1n) is 5.69. The maximum absolute atomic E-state index is 8.85. The van der Waals surface area contributed by atoms with Gasteiger partial charge in [0.1, 0.15) is 0 Å². The van der Waals surface area contributed by atoms with Crippen LogP contribution in [0.2, 0.25) is 4.47 Å². The number of hydrogen-bond donors (Lipinski definition) is 1. The second-order valence-electron chi connectivity index (χ2n) is 3.79. The first-order chi connectivity index (χ1) is 7.76. The third-order valence-electron chi connectivity index (χ3n) is 2.37. The van der Waals surface area contributed by atoms with Crippen LogP contribution in [0.15, 0.2) is 6.20 Å². The molecular weight excluding hydrogens is 244 g/mol. The third kappa shape index (κ3) is 5.25. The molecule has 0 aromatic carbocycles. The van der Waals surface area contributed by atoms with Crippen molar-refractivity contribution in [1.82, 2.24) is 9.88 Å². The first-order valence-corrected chi connectivity index (χ1v) is 6.89. The molecule has 1 N–H and O–H groups in total. The maximum Gasteiger partial charge on any atom is 0.183 e. The highest BCUT2D eigenvalue weighted by Gasteiger charge is 2.07. The summed E-state index contributed by atoms with van der Waals surface area (Å²) in [6, 6.07) is 0. The molecule has 3 nitrogen and oxygen atoms in total. The van der Waals surface area contributed by atoms with Gasteiger partial charge in [0, 0.05) is 30.8 Å². The van der Waals surface area contributed by atoms with Crippen molar-refractivity contribution in [3.05, 3.63) is 15.5 Å². The van der Waals surface area contributed by atoms with E-state index in [1.54, 1.807) is 0 Å². The van der Waals surface area contributed by atoms with Crippen LogP contribution < -0.4 is 0 Å². The Hall–Kier alpha value is -0.160. The highest BCUT2D eigenvalue weighted by Crippen LogP contribution is 2.19. The molecule has 0 unspecified atom stereocenters. The Morgan fingerprint density at radius 2 is 2.19 bits per heavy atom. The molecule has 0 radical (unpaired) electrons. The van der Waals surface area contributed by atoms with Gasteiger partial charge in [-0.1, -0.05) is 24.9 Å². The van der Waals surface area contributed by atoms with Crippen LogP contribution in [-0.2, 0) is 6.54 Å². The lowest BCUT2D eigenvalue weighted by molar-refractivity contribution is 0.217. The van der Waals surface area contributed by atoms with E-state index in [9.17, 15) is 0 Å². The van der Waals surface area contributed by atoms with Crippen molar-refractivity contribution in [2.75, 3.05) is 19.7 Å². The van der Waals surface area contributed by atoms with Gasteiger partial charge in [-0.05, 0) is 19.4 Å². The van der Waals surface area contributed by atoms with Crippen LogP contribution in [0.1, 0.15) is 31.1 Å². The summed E-state index contributed by atoms with van der Waals surface area (Å²) in [5.74, 6) is 0. The molecule has 1 heterocycles. The van der Waals surface area contributed by atoms with Crippen molar-refractivity contribution >= 4 is 22.9 Å². The van der Waals surface area contributed by atoms with E-state index in [1.165, 1.54) is 29.1 Å². The highest BCUT2D eigenvalue weighted by atomic mass is 35.5. The van der Waals surface area contributed by atoms with Crippen LogP contribution in [0.3, 0.4) is 0 Å². The predicted molar refractivity (Wildman–Crippen MR) is 69.0 cm³/mol. The monoisotopic (exact) mass is 262 g/mol. The number of aromatic nitrogens is 1. The molecule has 0 aliphatic carbocycles. The average Bonchev–Trinajstić information content (AvgIpc) is 2.68. The molecule has 0 aliphatic rings. The lowest BCUT2D eigenvalue weighted by atomic mass is 10.3. The van der Waals surface area contributed by atoms with Crippen LogP contribution >= 0.6 is 22.9 Å². The molecule has 5 heteroatoms. The normalized spacial score (nSPS) is 11.2. The van der Waals surface area contributed by atoms with E-state index >= 15 is 0 Å². The van der Waals surface area contributed by atoms with Gasteiger partial charge >= 0.3 is 0 Å². The number of rotatable bonds is 8. The Labute approximate surface area is 106 Å². The summed E-state index contributed by atoms with van der Waals surface area (Å²) in [5.41, 5.74) is 0. The Kier molecular flexibility index (Phi) is 6.96. The Morgan fingerprint density at radius 3 is 2.75 bits per heavy atom. The number of halogens is 1. The van der Waals surface area contributed by atoms with E-state index in [4.69, 9.17) is 16.7 Å². The maximum atomic E-state index is 8.85. The summed E-state index contributed by atoms with van der Waals surface area (Å²) in [7, 11) is 0. The molecule has 1 aromatic rings. The lowest BCUT2D eigenvalue weighted by Gasteiger charge is -2.20. The lowest BCUT2D eigenvalue weighted by Crippen LogP contribution is -2.25. The number of hydrogen-bond acceptors (Lipinski definition) is 4. The number of thiazole rings is 1. The molecule has 0 atom stereocenters. The molecule has 16 heavy (non-hydrogen) atoms. The van der Waals surface area contributed by atoms with Gasteiger partial charge < -0.3 is 5.11 Å². The van der Waals surface area contributed by atoms with Crippen LogP contribution in [0.5, 0.6) is 0 Å². The number of unbranched alkanes of at least 4 members (excludes halogenated alkanes) is 1. The quantitative estimate of drug-likeness (QED) is 0.783. The molecule has 92 valence electrons. The molecule has 0 bridgehead atoms. The van der Waals surface area contributed by atoms with Gasteiger partial charge in [0.25, 0.3) is 0 Å². The molecule has 0 aliphatic heterocycles. The molecule has 0 spiro atoms. The summed E-state index contributed by atoms with van der Waals surface area (Å²) < 4.78 is 0.604. The van der Waals surface area contributed by atoms with Gasteiger partial charge in [0.05, 0.1) is 0 Å². The Balaban J connectivity index is 2.41. The van der Waals surface area contributed by atoms with E-state index in [1.807, 2.05) is 6.20 Å². The fourth-order valence-corrected chi connectivity index (χ4v) is 2.54. The van der Waals surface area contributed by atoms with Gasteiger partial charge in [-0.2, -0.15) is 0 Å². The van der Waals surface area contributed by atoms with E-state index in [2.05, 4.69) is 16.8 Å². The topological polar surface area (TPSA) is 36.4 Å². The zero-order chi connectivity index (χ0) is 11.8. The van der Waals surface area contributed by atoms with Gasteiger partial charge in [-0.15, -0.1) is 11.3 Å². The highest BCUT2D eigenvalue weighted by molar-refractivity contribution is 7.15. The van der Waals surface area contributed by atoms with E-state index in [0.29, 0.717) is 4.47 Å². The second kappa shape index (κ2) is 8.01. The minimum Gasteiger partial charge on any atom is -0.396 e. The molecule has 0 saturated heterocycles. The van der Waals surface area contributed by atoms with E-state index in [0.717, 1.165) is 26.1 Å². The first kappa shape index (κ1) is 13.9. The largest absolute Gasteiger partial charge is 0.396 e. The van der Waals surface area contributed by atoms with Crippen molar-refractivity contribution in [3.8, 4) is 0 Å². The Morgan fingerprint density at radius 1 is 1.44 bits per heavy atom. The van der Waals surface area contributed by atoms with Crippen molar-refractivity contribution < 1.29 is 5.11 Å². The van der Waals surface area contributed by atoms with Gasteiger partial charge in [-0.3, -0.25) is 4.90 Å². The number of aliphatic hydroxyl groups excluding tert-OH is 1. The predicted octanol–water partition coefficient (Wildman–Crippen LogP) is 2.78. The Bertz CT molecular complexity index is 285. The zero-order valence-corrected chi connectivity index (χ0v) is 11.2. The molecule has 1 rings (SSSR count). The van der Waals surface area contributed by atoms with E-state index < -0.39 is 0 Å². The SMILES string of the molecule is CCCCN(CCCO)Cc1cnc(Cl)s1. The molecular formula is C11H19ClN2OS. The molecule has 0 fully saturated rings. The summed E-state index contributed by atoms with van der Waals surface area (Å²) >= 11 is 7.33. The van der Waals surface area contributed by atoms with Crippen molar-refractivity contribution in [2.45, 2.75) is 32.7 Å². The van der Waals surface area contributed by atoms with E-state index in [-0.39, 0.29) is 6.61 Å².